The minimum Gasteiger partial charge on any atom is -0.495 e. The first-order chi connectivity index (χ1) is 10.5. The molecule has 22 heavy (non-hydrogen) atoms. The maximum atomic E-state index is 13.6. The van der Waals surface area contributed by atoms with Crippen LogP contribution in [0.25, 0.3) is 0 Å². The van der Waals surface area contributed by atoms with E-state index in [-0.39, 0.29) is 22.7 Å². The molecule has 122 valence electrons. The number of ether oxygens (including phenoxy) is 1. The monoisotopic (exact) mass is 345 g/mol. The summed E-state index contributed by atoms with van der Waals surface area (Å²) in [5, 5.41) is 0.512. The lowest BCUT2D eigenvalue weighted by molar-refractivity contribution is 0.252. The molecular formula is C15H20FNO3S2. The Balaban J connectivity index is 1.99. The molecule has 2 heterocycles. The van der Waals surface area contributed by atoms with E-state index in [1.54, 1.807) is 16.1 Å². The molecule has 2 aliphatic rings. The first-order valence-corrected chi connectivity index (χ1v) is 10.1. The lowest BCUT2D eigenvalue weighted by Crippen LogP contribution is -2.47. The number of methoxy groups -OCH3 is 1. The van der Waals surface area contributed by atoms with Crippen LogP contribution in [0.3, 0.4) is 0 Å². The zero-order chi connectivity index (χ0) is 15.9. The molecule has 2 fully saturated rings. The number of nitrogens with zero attached hydrogens (tertiary/aromatic N) is 1. The van der Waals surface area contributed by atoms with Crippen LogP contribution in [0, 0.1) is 5.82 Å². The summed E-state index contributed by atoms with van der Waals surface area (Å²) >= 11 is 1.81. The summed E-state index contributed by atoms with van der Waals surface area (Å²) in [4.78, 5) is -0.0606. The van der Waals surface area contributed by atoms with Crippen molar-refractivity contribution in [3.05, 3.63) is 24.0 Å². The fourth-order valence-corrected chi connectivity index (χ4v) is 6.53. The highest BCUT2D eigenvalue weighted by molar-refractivity contribution is 7.99. The predicted octanol–water partition coefficient (Wildman–Crippen LogP) is 2.88. The van der Waals surface area contributed by atoms with Crippen LogP contribution in [0.4, 0.5) is 4.39 Å². The van der Waals surface area contributed by atoms with E-state index in [0.717, 1.165) is 31.7 Å². The molecule has 2 saturated heterocycles. The van der Waals surface area contributed by atoms with Crippen LogP contribution in [0.15, 0.2) is 23.1 Å². The van der Waals surface area contributed by atoms with E-state index in [0.29, 0.717) is 5.25 Å². The number of benzene rings is 1. The SMILES string of the molecule is COc1ccc(F)cc1S(=O)(=O)N1[C@H]2CC[C@H]1CC(SC)C2. The van der Waals surface area contributed by atoms with Gasteiger partial charge in [0, 0.05) is 17.3 Å². The van der Waals surface area contributed by atoms with Gasteiger partial charge in [-0.2, -0.15) is 16.1 Å². The van der Waals surface area contributed by atoms with Crippen molar-refractivity contribution >= 4 is 21.8 Å². The standard InChI is InChI=1S/C15H20FNO3S2/c1-20-14-6-3-10(16)7-15(14)22(18,19)17-11-4-5-12(17)9-13(8-11)21-2/h3,6-7,11-13H,4-5,8-9H2,1-2H3/t11-,12-/m0/s1. The molecule has 1 aromatic rings. The molecule has 2 bridgehead atoms. The van der Waals surface area contributed by atoms with Crippen molar-refractivity contribution < 1.29 is 17.5 Å². The van der Waals surface area contributed by atoms with Crippen molar-refractivity contribution in [3.8, 4) is 5.75 Å². The third kappa shape index (κ3) is 2.63. The Labute approximate surface area is 135 Å². The van der Waals surface area contributed by atoms with Crippen LogP contribution in [0.1, 0.15) is 25.7 Å². The number of rotatable bonds is 4. The van der Waals surface area contributed by atoms with Crippen molar-refractivity contribution in [1.29, 1.82) is 0 Å². The third-order valence-corrected chi connectivity index (χ3v) is 7.72. The molecule has 3 rings (SSSR count). The largest absolute Gasteiger partial charge is 0.495 e. The van der Waals surface area contributed by atoms with Crippen LogP contribution < -0.4 is 4.74 Å². The Morgan fingerprint density at radius 3 is 2.45 bits per heavy atom. The minimum absolute atomic E-state index is 0.0224. The quantitative estimate of drug-likeness (QED) is 0.842. The van der Waals surface area contributed by atoms with Crippen LogP contribution in [-0.4, -0.2) is 43.4 Å². The average molecular weight is 345 g/mol. The summed E-state index contributed by atoms with van der Waals surface area (Å²) in [6, 6.07) is 3.70. The van der Waals surface area contributed by atoms with E-state index in [1.165, 1.54) is 19.2 Å². The normalized spacial score (nSPS) is 28.8. The second kappa shape index (κ2) is 6.02. The molecule has 2 atom stereocenters. The Kier molecular flexibility index (Phi) is 4.40. The van der Waals surface area contributed by atoms with Gasteiger partial charge >= 0.3 is 0 Å². The van der Waals surface area contributed by atoms with Gasteiger partial charge in [-0.05, 0) is 50.1 Å². The predicted molar refractivity (Wildman–Crippen MR) is 85.3 cm³/mol. The van der Waals surface area contributed by atoms with Gasteiger partial charge in [-0.25, -0.2) is 12.8 Å². The number of piperidine rings is 1. The fourth-order valence-electron chi connectivity index (χ4n) is 3.63. The van der Waals surface area contributed by atoms with Gasteiger partial charge in [0.2, 0.25) is 10.0 Å². The number of hydrogen-bond acceptors (Lipinski definition) is 4. The van der Waals surface area contributed by atoms with E-state index in [9.17, 15) is 12.8 Å². The van der Waals surface area contributed by atoms with Gasteiger partial charge in [-0.15, -0.1) is 0 Å². The molecule has 2 aliphatic heterocycles. The molecular weight excluding hydrogens is 325 g/mol. The van der Waals surface area contributed by atoms with Crippen molar-refractivity contribution in [2.24, 2.45) is 0 Å². The number of halogens is 1. The number of thioether (sulfide) groups is 1. The Hall–Kier alpha value is -0.790. The highest BCUT2D eigenvalue weighted by Crippen LogP contribution is 2.43. The molecule has 1 aromatic carbocycles. The van der Waals surface area contributed by atoms with E-state index in [2.05, 4.69) is 6.26 Å². The molecule has 0 saturated carbocycles. The summed E-state index contributed by atoms with van der Waals surface area (Å²) in [5.74, 6) is -0.362. The maximum absolute atomic E-state index is 13.6. The summed E-state index contributed by atoms with van der Waals surface area (Å²) in [5.41, 5.74) is 0. The molecule has 0 spiro atoms. The summed E-state index contributed by atoms with van der Waals surface area (Å²) in [7, 11) is -2.33. The Morgan fingerprint density at radius 2 is 1.91 bits per heavy atom. The van der Waals surface area contributed by atoms with Crippen LogP contribution in [0.5, 0.6) is 5.75 Å². The summed E-state index contributed by atoms with van der Waals surface area (Å²) in [6.45, 7) is 0. The Bertz CT molecular complexity index is 651. The molecule has 0 aromatic heterocycles. The van der Waals surface area contributed by atoms with E-state index in [1.807, 2.05) is 0 Å². The van der Waals surface area contributed by atoms with E-state index < -0.39 is 15.8 Å². The molecule has 4 nitrogen and oxygen atoms in total. The molecule has 0 aliphatic carbocycles. The molecule has 0 unspecified atom stereocenters. The van der Waals surface area contributed by atoms with Gasteiger partial charge in [0.15, 0.2) is 0 Å². The highest BCUT2D eigenvalue weighted by atomic mass is 32.2. The van der Waals surface area contributed by atoms with Gasteiger partial charge in [0.05, 0.1) is 7.11 Å². The first-order valence-electron chi connectivity index (χ1n) is 7.37. The van der Waals surface area contributed by atoms with Gasteiger partial charge in [0.1, 0.15) is 16.5 Å². The second-order valence-corrected chi connectivity index (χ2v) is 8.79. The zero-order valence-corrected chi connectivity index (χ0v) is 14.3. The average Bonchev–Trinajstić information content (AvgIpc) is 2.79. The zero-order valence-electron chi connectivity index (χ0n) is 12.7. The van der Waals surface area contributed by atoms with Crippen molar-refractivity contribution in [3.63, 3.8) is 0 Å². The third-order valence-electron chi connectivity index (χ3n) is 4.64. The lowest BCUT2D eigenvalue weighted by atomic mass is 10.1. The molecule has 0 radical (unpaired) electrons. The Morgan fingerprint density at radius 1 is 1.27 bits per heavy atom. The summed E-state index contributed by atoms with van der Waals surface area (Å²) < 4.78 is 46.4. The molecule has 7 heteroatoms. The minimum atomic E-state index is -3.74. The fraction of sp³-hybridized carbons (Fsp3) is 0.600. The van der Waals surface area contributed by atoms with Crippen LogP contribution in [-0.2, 0) is 10.0 Å². The van der Waals surface area contributed by atoms with Gasteiger partial charge in [-0.3, -0.25) is 0 Å². The van der Waals surface area contributed by atoms with Gasteiger partial charge < -0.3 is 4.74 Å². The number of sulfonamides is 1. The van der Waals surface area contributed by atoms with Crippen molar-refractivity contribution in [2.45, 2.75) is 47.9 Å². The molecule has 0 amide bonds. The van der Waals surface area contributed by atoms with E-state index in [4.69, 9.17) is 4.74 Å². The lowest BCUT2D eigenvalue weighted by Gasteiger charge is -2.37. The van der Waals surface area contributed by atoms with Crippen LogP contribution in [0.2, 0.25) is 0 Å². The van der Waals surface area contributed by atoms with Crippen LogP contribution >= 0.6 is 11.8 Å². The number of fused-ring (bicyclic) bond motifs is 2. The summed E-state index contributed by atoms with van der Waals surface area (Å²) in [6.07, 6.45) is 5.59. The first kappa shape index (κ1) is 16.1. The van der Waals surface area contributed by atoms with Crippen molar-refractivity contribution in [1.82, 2.24) is 4.31 Å². The highest BCUT2D eigenvalue weighted by Gasteiger charge is 2.47. The smallest absolute Gasteiger partial charge is 0.247 e. The topological polar surface area (TPSA) is 46.6 Å². The number of hydrogen-bond donors (Lipinski definition) is 0. The molecule has 0 N–H and O–H groups in total. The van der Waals surface area contributed by atoms with Gasteiger partial charge in [-0.1, -0.05) is 0 Å². The van der Waals surface area contributed by atoms with Gasteiger partial charge in [0.25, 0.3) is 0 Å². The van der Waals surface area contributed by atoms with E-state index >= 15 is 0 Å². The van der Waals surface area contributed by atoms with Crippen molar-refractivity contribution in [2.75, 3.05) is 13.4 Å². The second-order valence-electron chi connectivity index (χ2n) is 5.84. The maximum Gasteiger partial charge on any atom is 0.247 e.